The van der Waals surface area contributed by atoms with E-state index < -0.39 is 0 Å². The molecule has 0 unspecified atom stereocenters. The first-order valence-corrected chi connectivity index (χ1v) is 7.88. The average molecular weight is 338 g/mol. The number of nitrogens with one attached hydrogen (secondary N) is 2. The van der Waals surface area contributed by atoms with E-state index in [9.17, 15) is 4.39 Å². The summed E-state index contributed by atoms with van der Waals surface area (Å²) in [6.45, 7) is 2.35. The number of rotatable bonds is 6. The van der Waals surface area contributed by atoms with Gasteiger partial charge < -0.3 is 15.4 Å². The zero-order chi connectivity index (χ0) is 17.6. The normalized spacial score (nSPS) is 10.4. The predicted molar refractivity (Wildman–Crippen MR) is 96.8 cm³/mol. The van der Waals surface area contributed by atoms with Gasteiger partial charge in [0.15, 0.2) is 0 Å². The van der Waals surface area contributed by atoms with Crippen LogP contribution in [0.5, 0.6) is 5.75 Å². The molecule has 1 heterocycles. The third kappa shape index (κ3) is 4.23. The lowest BCUT2D eigenvalue weighted by atomic mass is 10.2. The van der Waals surface area contributed by atoms with Gasteiger partial charge in [0.25, 0.3) is 0 Å². The monoisotopic (exact) mass is 338 g/mol. The number of hydrogen-bond donors (Lipinski definition) is 2. The second kappa shape index (κ2) is 7.61. The highest BCUT2D eigenvalue weighted by molar-refractivity contribution is 5.59. The maximum atomic E-state index is 13.8. The number of benzene rings is 2. The lowest BCUT2D eigenvalue weighted by Gasteiger charge is -2.12. The highest BCUT2D eigenvalue weighted by atomic mass is 19.1. The Morgan fingerprint density at radius 1 is 1.00 bits per heavy atom. The topological polar surface area (TPSA) is 59.1 Å². The van der Waals surface area contributed by atoms with Gasteiger partial charge in [-0.15, -0.1) is 0 Å². The third-order valence-corrected chi connectivity index (χ3v) is 3.63. The summed E-state index contributed by atoms with van der Waals surface area (Å²) < 4.78 is 19.1. The smallest absolute Gasteiger partial charge is 0.146 e. The van der Waals surface area contributed by atoms with Crippen molar-refractivity contribution < 1.29 is 9.13 Å². The molecular formula is C19H19FN4O. The minimum Gasteiger partial charge on any atom is -0.496 e. The van der Waals surface area contributed by atoms with E-state index in [1.165, 1.54) is 6.07 Å². The van der Waals surface area contributed by atoms with Crippen molar-refractivity contribution in [3.8, 4) is 5.75 Å². The van der Waals surface area contributed by atoms with E-state index in [0.717, 1.165) is 11.3 Å². The number of para-hydroxylation sites is 2. The molecule has 0 fully saturated rings. The number of nitrogens with zero attached hydrogens (tertiary/aromatic N) is 2. The quantitative estimate of drug-likeness (QED) is 0.702. The summed E-state index contributed by atoms with van der Waals surface area (Å²) in [5, 5.41) is 6.24. The summed E-state index contributed by atoms with van der Waals surface area (Å²) in [5.41, 5.74) is 1.39. The van der Waals surface area contributed by atoms with Crippen molar-refractivity contribution in [3.63, 3.8) is 0 Å². The van der Waals surface area contributed by atoms with Crippen LogP contribution in [0, 0.1) is 12.7 Å². The van der Waals surface area contributed by atoms with Crippen LogP contribution in [0.25, 0.3) is 0 Å². The summed E-state index contributed by atoms with van der Waals surface area (Å²) in [6.07, 6.45) is 0. The first-order valence-electron chi connectivity index (χ1n) is 7.88. The van der Waals surface area contributed by atoms with Gasteiger partial charge >= 0.3 is 0 Å². The van der Waals surface area contributed by atoms with Crippen molar-refractivity contribution in [2.75, 3.05) is 17.7 Å². The maximum Gasteiger partial charge on any atom is 0.146 e. The molecule has 0 spiro atoms. The molecule has 0 aliphatic heterocycles. The van der Waals surface area contributed by atoms with Crippen molar-refractivity contribution in [1.29, 1.82) is 0 Å². The Hall–Kier alpha value is -3.15. The number of anilines is 3. The summed E-state index contributed by atoms with van der Waals surface area (Å²) >= 11 is 0. The van der Waals surface area contributed by atoms with Crippen LogP contribution in [0.1, 0.15) is 11.4 Å². The number of aromatic nitrogens is 2. The van der Waals surface area contributed by atoms with Crippen molar-refractivity contribution in [2.45, 2.75) is 13.5 Å². The second-order valence-electron chi connectivity index (χ2n) is 5.46. The number of methoxy groups -OCH3 is 1. The molecule has 0 bridgehead atoms. The van der Waals surface area contributed by atoms with Gasteiger partial charge in [-0.2, -0.15) is 0 Å². The zero-order valence-corrected chi connectivity index (χ0v) is 14.1. The van der Waals surface area contributed by atoms with Crippen molar-refractivity contribution in [2.24, 2.45) is 0 Å². The largest absolute Gasteiger partial charge is 0.496 e. The van der Waals surface area contributed by atoms with E-state index in [-0.39, 0.29) is 5.82 Å². The van der Waals surface area contributed by atoms with E-state index in [2.05, 4.69) is 20.6 Å². The third-order valence-electron chi connectivity index (χ3n) is 3.63. The minimum absolute atomic E-state index is 0.331. The zero-order valence-electron chi connectivity index (χ0n) is 14.1. The van der Waals surface area contributed by atoms with Crippen LogP contribution in [0.4, 0.5) is 21.7 Å². The molecule has 0 radical (unpaired) electrons. The molecule has 128 valence electrons. The molecule has 0 saturated carbocycles. The Morgan fingerprint density at radius 2 is 1.72 bits per heavy atom. The maximum absolute atomic E-state index is 13.8. The molecule has 6 heteroatoms. The van der Waals surface area contributed by atoms with Gasteiger partial charge in [-0.1, -0.05) is 30.3 Å². The Morgan fingerprint density at radius 3 is 2.52 bits per heavy atom. The molecule has 3 aromatic rings. The fourth-order valence-electron chi connectivity index (χ4n) is 2.46. The van der Waals surface area contributed by atoms with Crippen molar-refractivity contribution in [3.05, 3.63) is 71.8 Å². The van der Waals surface area contributed by atoms with Crippen LogP contribution in [-0.4, -0.2) is 17.1 Å². The number of ether oxygens (including phenoxy) is 1. The predicted octanol–water partition coefficient (Wildman–Crippen LogP) is 4.29. The molecule has 25 heavy (non-hydrogen) atoms. The first-order chi connectivity index (χ1) is 12.2. The van der Waals surface area contributed by atoms with Crippen LogP contribution >= 0.6 is 0 Å². The molecule has 3 rings (SSSR count). The molecule has 0 aliphatic carbocycles. The molecule has 0 saturated heterocycles. The molecule has 2 aromatic carbocycles. The second-order valence-corrected chi connectivity index (χ2v) is 5.46. The lowest BCUT2D eigenvalue weighted by Crippen LogP contribution is -2.06. The highest BCUT2D eigenvalue weighted by Gasteiger charge is 2.07. The van der Waals surface area contributed by atoms with Gasteiger partial charge in [0.05, 0.1) is 12.8 Å². The Bertz CT molecular complexity index is 870. The Labute approximate surface area is 145 Å². The van der Waals surface area contributed by atoms with Gasteiger partial charge in [-0.05, 0) is 25.1 Å². The SMILES string of the molecule is COc1ccccc1CNc1cc(Nc2ccccc2F)nc(C)n1. The van der Waals surface area contributed by atoms with Gasteiger partial charge in [-0.3, -0.25) is 0 Å². The Balaban J connectivity index is 1.76. The molecule has 0 aliphatic rings. The summed E-state index contributed by atoms with van der Waals surface area (Å²) in [5.74, 6) is 2.24. The van der Waals surface area contributed by atoms with Crippen LogP contribution in [0.3, 0.4) is 0 Å². The van der Waals surface area contributed by atoms with E-state index in [4.69, 9.17) is 4.74 Å². The van der Waals surface area contributed by atoms with Crippen molar-refractivity contribution in [1.82, 2.24) is 9.97 Å². The van der Waals surface area contributed by atoms with E-state index in [1.807, 2.05) is 24.3 Å². The fourth-order valence-corrected chi connectivity index (χ4v) is 2.46. The molecule has 1 aromatic heterocycles. The van der Waals surface area contributed by atoms with E-state index in [0.29, 0.717) is 29.7 Å². The summed E-state index contributed by atoms with van der Waals surface area (Å²) in [6, 6.07) is 16.0. The standard InChI is InChI=1S/C19H19FN4O/c1-13-22-18(21-12-14-7-3-6-10-17(14)25-2)11-19(23-13)24-16-9-5-4-8-15(16)20/h3-11H,12H2,1-2H3,(H2,21,22,23,24). The number of halogens is 1. The van der Waals surface area contributed by atoms with Crippen molar-refractivity contribution >= 4 is 17.3 Å². The molecule has 0 amide bonds. The van der Waals surface area contributed by atoms with Gasteiger partial charge in [0, 0.05) is 18.2 Å². The van der Waals surface area contributed by atoms with Gasteiger partial charge in [-0.25, -0.2) is 14.4 Å². The number of hydrogen-bond acceptors (Lipinski definition) is 5. The van der Waals surface area contributed by atoms with Gasteiger partial charge in [0.1, 0.15) is 29.0 Å². The molecule has 0 atom stereocenters. The lowest BCUT2D eigenvalue weighted by molar-refractivity contribution is 0.410. The Kier molecular flexibility index (Phi) is 5.09. The molecule has 5 nitrogen and oxygen atoms in total. The van der Waals surface area contributed by atoms with E-state index >= 15 is 0 Å². The van der Waals surface area contributed by atoms with E-state index in [1.54, 1.807) is 38.3 Å². The summed E-state index contributed by atoms with van der Waals surface area (Å²) in [7, 11) is 1.64. The first kappa shape index (κ1) is 16.7. The van der Waals surface area contributed by atoms with Crippen LogP contribution in [-0.2, 0) is 6.54 Å². The summed E-state index contributed by atoms with van der Waals surface area (Å²) in [4.78, 5) is 8.68. The molecular weight excluding hydrogens is 319 g/mol. The van der Waals surface area contributed by atoms with Crippen LogP contribution < -0.4 is 15.4 Å². The minimum atomic E-state index is -0.331. The number of aryl methyl sites for hydroxylation is 1. The van der Waals surface area contributed by atoms with Crippen LogP contribution in [0.2, 0.25) is 0 Å². The fraction of sp³-hybridized carbons (Fsp3) is 0.158. The molecule has 2 N–H and O–H groups in total. The average Bonchev–Trinajstić information content (AvgIpc) is 2.62. The van der Waals surface area contributed by atoms with Crippen LogP contribution in [0.15, 0.2) is 54.6 Å². The highest BCUT2D eigenvalue weighted by Crippen LogP contribution is 2.22. The van der Waals surface area contributed by atoms with Gasteiger partial charge in [0.2, 0.25) is 0 Å².